The molecule has 2 aromatic rings. The second kappa shape index (κ2) is 5.95. The van der Waals surface area contributed by atoms with Crippen molar-refractivity contribution in [2.24, 2.45) is 0 Å². The third-order valence-corrected chi connectivity index (χ3v) is 4.88. The number of benzene rings is 2. The molecule has 4 nitrogen and oxygen atoms in total. The zero-order chi connectivity index (χ0) is 14.8. The molecule has 1 unspecified atom stereocenters. The van der Waals surface area contributed by atoms with Gasteiger partial charge in [0, 0.05) is 10.5 Å². The van der Waals surface area contributed by atoms with E-state index >= 15 is 0 Å². The maximum atomic E-state index is 12.2. The standard InChI is InChI=1S/C14H14BrNO3S/c1-10(11-3-2-4-12(15)9-11)16-20(18,19)14-7-5-13(17)6-8-14/h2-10,16-17H,1H3. The molecule has 0 fully saturated rings. The molecule has 20 heavy (non-hydrogen) atoms. The van der Waals surface area contributed by atoms with E-state index in [4.69, 9.17) is 0 Å². The Hall–Kier alpha value is -1.37. The van der Waals surface area contributed by atoms with Gasteiger partial charge in [0.25, 0.3) is 0 Å². The van der Waals surface area contributed by atoms with Gasteiger partial charge < -0.3 is 5.11 Å². The molecular weight excluding hydrogens is 342 g/mol. The van der Waals surface area contributed by atoms with Crippen molar-refractivity contribution in [2.75, 3.05) is 0 Å². The van der Waals surface area contributed by atoms with Crippen LogP contribution >= 0.6 is 15.9 Å². The summed E-state index contributed by atoms with van der Waals surface area (Å²) < 4.78 is 27.9. The van der Waals surface area contributed by atoms with Crippen LogP contribution in [0.4, 0.5) is 0 Å². The van der Waals surface area contributed by atoms with Crippen LogP contribution in [0.5, 0.6) is 5.75 Å². The van der Waals surface area contributed by atoms with Gasteiger partial charge in [0.1, 0.15) is 5.75 Å². The lowest BCUT2D eigenvalue weighted by molar-refractivity contribution is 0.474. The zero-order valence-electron chi connectivity index (χ0n) is 10.7. The number of hydrogen-bond donors (Lipinski definition) is 2. The second-order valence-corrected chi connectivity index (χ2v) is 7.02. The first kappa shape index (κ1) is 15.0. The molecule has 0 heterocycles. The summed E-state index contributed by atoms with van der Waals surface area (Å²) in [6, 6.07) is 12.5. The summed E-state index contributed by atoms with van der Waals surface area (Å²) in [5.74, 6) is 0.0315. The Bertz CT molecular complexity index is 699. The summed E-state index contributed by atoms with van der Waals surface area (Å²) in [5.41, 5.74) is 0.863. The minimum absolute atomic E-state index is 0.0315. The molecule has 0 aliphatic carbocycles. The van der Waals surface area contributed by atoms with E-state index in [0.29, 0.717) is 0 Å². The highest BCUT2D eigenvalue weighted by molar-refractivity contribution is 9.10. The third-order valence-electron chi connectivity index (χ3n) is 2.83. The van der Waals surface area contributed by atoms with Crippen molar-refractivity contribution in [3.05, 3.63) is 58.6 Å². The molecule has 2 aromatic carbocycles. The van der Waals surface area contributed by atoms with Gasteiger partial charge >= 0.3 is 0 Å². The molecule has 0 spiro atoms. The normalized spacial score (nSPS) is 13.1. The number of phenolic OH excluding ortho intramolecular Hbond substituents is 1. The molecule has 1 atom stereocenters. The molecule has 2 rings (SSSR count). The van der Waals surface area contributed by atoms with Crippen LogP contribution in [0.1, 0.15) is 18.5 Å². The molecular formula is C14H14BrNO3S. The number of sulfonamides is 1. The molecule has 0 saturated carbocycles. The highest BCUT2D eigenvalue weighted by atomic mass is 79.9. The SMILES string of the molecule is CC(NS(=O)(=O)c1ccc(O)cc1)c1cccc(Br)c1. The number of nitrogens with one attached hydrogen (secondary N) is 1. The van der Waals surface area contributed by atoms with Crippen LogP contribution in [0, 0.1) is 0 Å². The largest absolute Gasteiger partial charge is 0.508 e. The van der Waals surface area contributed by atoms with Crippen LogP contribution in [0.25, 0.3) is 0 Å². The van der Waals surface area contributed by atoms with Crippen LogP contribution in [0.2, 0.25) is 0 Å². The van der Waals surface area contributed by atoms with Crippen molar-refractivity contribution >= 4 is 26.0 Å². The fourth-order valence-corrected chi connectivity index (χ4v) is 3.42. The topological polar surface area (TPSA) is 66.4 Å². The summed E-state index contributed by atoms with van der Waals surface area (Å²) in [4.78, 5) is 0.122. The van der Waals surface area contributed by atoms with E-state index in [-0.39, 0.29) is 16.7 Å². The van der Waals surface area contributed by atoms with Gasteiger partial charge in [0.2, 0.25) is 10.0 Å². The van der Waals surface area contributed by atoms with Crippen molar-refractivity contribution in [1.82, 2.24) is 4.72 Å². The molecule has 0 aliphatic heterocycles. The van der Waals surface area contributed by atoms with Crippen LogP contribution in [0.15, 0.2) is 57.9 Å². The Morgan fingerprint density at radius 1 is 1.15 bits per heavy atom. The lowest BCUT2D eigenvalue weighted by Gasteiger charge is -2.15. The Labute approximate surface area is 126 Å². The fraction of sp³-hybridized carbons (Fsp3) is 0.143. The molecule has 0 bridgehead atoms. The number of hydrogen-bond acceptors (Lipinski definition) is 3. The molecule has 0 saturated heterocycles. The Balaban J connectivity index is 2.22. The highest BCUT2D eigenvalue weighted by Gasteiger charge is 2.18. The summed E-state index contributed by atoms with van der Waals surface area (Å²) in [6.07, 6.45) is 0. The summed E-state index contributed by atoms with van der Waals surface area (Å²) >= 11 is 3.36. The lowest BCUT2D eigenvalue weighted by Crippen LogP contribution is -2.26. The first-order valence-corrected chi connectivity index (χ1v) is 8.23. The molecule has 2 N–H and O–H groups in total. The Morgan fingerprint density at radius 3 is 2.40 bits per heavy atom. The Kier molecular flexibility index (Phi) is 4.47. The van der Waals surface area contributed by atoms with E-state index in [1.165, 1.54) is 24.3 Å². The Morgan fingerprint density at radius 2 is 1.80 bits per heavy atom. The second-order valence-electron chi connectivity index (χ2n) is 4.39. The van der Waals surface area contributed by atoms with Crippen LogP contribution in [-0.2, 0) is 10.0 Å². The molecule has 0 radical (unpaired) electrons. The van der Waals surface area contributed by atoms with Crippen molar-refractivity contribution in [3.8, 4) is 5.75 Å². The van der Waals surface area contributed by atoms with Gasteiger partial charge in [-0.2, -0.15) is 0 Å². The van der Waals surface area contributed by atoms with E-state index in [9.17, 15) is 13.5 Å². The van der Waals surface area contributed by atoms with Crippen molar-refractivity contribution < 1.29 is 13.5 Å². The van der Waals surface area contributed by atoms with E-state index < -0.39 is 10.0 Å². The first-order valence-electron chi connectivity index (χ1n) is 5.95. The maximum absolute atomic E-state index is 12.2. The van der Waals surface area contributed by atoms with Crippen LogP contribution < -0.4 is 4.72 Å². The highest BCUT2D eigenvalue weighted by Crippen LogP contribution is 2.21. The molecule has 0 aliphatic rings. The third kappa shape index (κ3) is 3.59. The van der Waals surface area contributed by atoms with E-state index in [1.807, 2.05) is 24.3 Å². The van der Waals surface area contributed by atoms with Gasteiger partial charge in [0.05, 0.1) is 4.90 Å². The van der Waals surface area contributed by atoms with Gasteiger partial charge in [-0.1, -0.05) is 28.1 Å². The van der Waals surface area contributed by atoms with Gasteiger partial charge in [-0.25, -0.2) is 13.1 Å². The van der Waals surface area contributed by atoms with Crippen molar-refractivity contribution in [1.29, 1.82) is 0 Å². The lowest BCUT2D eigenvalue weighted by atomic mass is 10.1. The van der Waals surface area contributed by atoms with Crippen LogP contribution in [0.3, 0.4) is 0 Å². The predicted octanol–water partition coefficient (Wildman–Crippen LogP) is 3.19. The smallest absolute Gasteiger partial charge is 0.241 e. The van der Waals surface area contributed by atoms with Gasteiger partial charge in [0.15, 0.2) is 0 Å². The van der Waals surface area contributed by atoms with E-state index in [0.717, 1.165) is 10.0 Å². The van der Waals surface area contributed by atoms with Gasteiger partial charge in [-0.3, -0.25) is 0 Å². The monoisotopic (exact) mass is 355 g/mol. The van der Waals surface area contributed by atoms with Crippen molar-refractivity contribution in [3.63, 3.8) is 0 Å². The number of aromatic hydroxyl groups is 1. The zero-order valence-corrected chi connectivity index (χ0v) is 13.1. The number of phenols is 1. The van der Waals surface area contributed by atoms with Crippen molar-refractivity contribution in [2.45, 2.75) is 17.9 Å². The van der Waals surface area contributed by atoms with E-state index in [2.05, 4.69) is 20.7 Å². The molecule has 0 amide bonds. The first-order chi connectivity index (χ1) is 9.38. The average molecular weight is 356 g/mol. The quantitative estimate of drug-likeness (QED) is 0.884. The number of halogens is 1. The minimum Gasteiger partial charge on any atom is -0.508 e. The average Bonchev–Trinajstić information content (AvgIpc) is 2.38. The minimum atomic E-state index is -3.61. The molecule has 0 aromatic heterocycles. The van der Waals surface area contributed by atoms with Gasteiger partial charge in [-0.15, -0.1) is 0 Å². The predicted molar refractivity (Wildman–Crippen MR) is 81.0 cm³/mol. The number of rotatable bonds is 4. The summed E-state index contributed by atoms with van der Waals surface area (Å²) in [7, 11) is -3.61. The maximum Gasteiger partial charge on any atom is 0.241 e. The summed E-state index contributed by atoms with van der Waals surface area (Å²) in [5, 5.41) is 9.19. The molecule has 6 heteroatoms. The van der Waals surface area contributed by atoms with E-state index in [1.54, 1.807) is 6.92 Å². The fourth-order valence-electron chi connectivity index (χ4n) is 1.77. The summed E-state index contributed by atoms with van der Waals surface area (Å²) in [6.45, 7) is 1.78. The van der Waals surface area contributed by atoms with Gasteiger partial charge in [-0.05, 0) is 48.9 Å². The van der Waals surface area contributed by atoms with Crippen LogP contribution in [-0.4, -0.2) is 13.5 Å². The molecule has 106 valence electrons.